The Morgan fingerprint density at radius 1 is 1.77 bits per heavy atom. The fraction of sp³-hybridized carbons (Fsp3) is 0.600. The van der Waals surface area contributed by atoms with E-state index in [0.29, 0.717) is 11.0 Å². The molecule has 0 spiro atoms. The van der Waals surface area contributed by atoms with Crippen LogP contribution in [0.5, 0.6) is 0 Å². The number of hydrogen-bond acceptors (Lipinski definition) is 1. The maximum Gasteiger partial charge on any atom is 0.0434 e. The minimum atomic E-state index is 0.619. The summed E-state index contributed by atoms with van der Waals surface area (Å²) in [5.74, 6) is 0.619. The van der Waals surface area contributed by atoms with E-state index in [1.807, 2.05) is 0 Å². The Morgan fingerprint density at radius 3 is 3.00 bits per heavy atom. The van der Waals surface area contributed by atoms with Crippen molar-refractivity contribution < 1.29 is 0 Å². The van der Waals surface area contributed by atoms with Crippen LogP contribution in [0.25, 0.3) is 0 Å². The molecule has 0 aromatic carbocycles. The molecule has 0 aliphatic carbocycles. The molecule has 0 N–H and O–H groups in total. The molecule has 1 rings (SSSR count). The van der Waals surface area contributed by atoms with Crippen LogP contribution < -0.4 is 0 Å². The predicted molar refractivity (Wildman–Crippen MR) is 59.2 cm³/mol. The normalized spacial score (nSPS) is 26.0. The highest BCUT2D eigenvalue weighted by Gasteiger charge is 2.15. The summed E-state index contributed by atoms with van der Waals surface area (Å²) < 4.78 is 0. The summed E-state index contributed by atoms with van der Waals surface area (Å²) >= 11 is 11.4. The van der Waals surface area contributed by atoms with Crippen LogP contribution in [0.2, 0.25) is 0 Å². The van der Waals surface area contributed by atoms with Gasteiger partial charge in [0.1, 0.15) is 0 Å². The summed E-state index contributed by atoms with van der Waals surface area (Å²) in [4.78, 5) is 2.31. The molecule has 0 aromatic heterocycles. The summed E-state index contributed by atoms with van der Waals surface area (Å²) in [6.45, 7) is 7.21. The van der Waals surface area contributed by atoms with Gasteiger partial charge >= 0.3 is 0 Å². The van der Waals surface area contributed by atoms with Gasteiger partial charge < -0.3 is 0 Å². The van der Waals surface area contributed by atoms with E-state index in [1.165, 1.54) is 11.1 Å². The quantitative estimate of drug-likeness (QED) is 0.646. The van der Waals surface area contributed by atoms with Gasteiger partial charge in [0.2, 0.25) is 0 Å². The van der Waals surface area contributed by atoms with Crippen molar-refractivity contribution in [1.29, 1.82) is 0 Å². The molecule has 1 atom stereocenters. The molecule has 0 aromatic rings. The number of rotatable bonds is 2. The smallest absolute Gasteiger partial charge is 0.0434 e. The van der Waals surface area contributed by atoms with Crippen LogP contribution in [0, 0.1) is 5.92 Å². The first kappa shape index (κ1) is 11.1. The minimum absolute atomic E-state index is 0.619. The van der Waals surface area contributed by atoms with Gasteiger partial charge in [-0.1, -0.05) is 41.8 Å². The van der Waals surface area contributed by atoms with Crippen LogP contribution in [0.15, 0.2) is 22.2 Å². The van der Waals surface area contributed by atoms with Gasteiger partial charge in [0.15, 0.2) is 0 Å². The van der Waals surface area contributed by atoms with E-state index in [1.54, 1.807) is 0 Å². The average molecular weight is 220 g/mol. The highest BCUT2D eigenvalue weighted by molar-refractivity contribution is 6.36. The van der Waals surface area contributed by atoms with Crippen LogP contribution in [-0.2, 0) is 0 Å². The first-order chi connectivity index (χ1) is 6.11. The molecule has 74 valence electrons. The Bertz CT molecular complexity index is 233. The molecule has 1 unspecified atom stereocenters. The standard InChI is InChI=1S/C10H15Cl2N/c1-8-3-9(2)6-13(5-8)7-10(12)4-11/h3-4,8H,5-7H2,1-2H3/b10-4-. The summed E-state index contributed by atoms with van der Waals surface area (Å²) in [6, 6.07) is 0. The minimum Gasteiger partial charge on any atom is -0.294 e. The Hall–Kier alpha value is 0.0200. The zero-order valence-corrected chi connectivity index (χ0v) is 9.57. The van der Waals surface area contributed by atoms with E-state index in [0.717, 1.165) is 19.6 Å². The predicted octanol–water partition coefficient (Wildman–Crippen LogP) is 3.20. The zero-order valence-electron chi connectivity index (χ0n) is 8.06. The lowest BCUT2D eigenvalue weighted by atomic mass is 10.0. The molecule has 3 heteroatoms. The van der Waals surface area contributed by atoms with E-state index < -0.39 is 0 Å². The molecular formula is C10H15Cl2N. The van der Waals surface area contributed by atoms with Crippen molar-refractivity contribution in [1.82, 2.24) is 4.90 Å². The topological polar surface area (TPSA) is 3.24 Å². The third kappa shape index (κ3) is 3.72. The fourth-order valence-corrected chi connectivity index (χ4v) is 2.02. The molecule has 1 aliphatic rings. The zero-order chi connectivity index (χ0) is 9.84. The highest BCUT2D eigenvalue weighted by atomic mass is 35.5. The van der Waals surface area contributed by atoms with E-state index in [4.69, 9.17) is 23.2 Å². The molecule has 0 bridgehead atoms. The first-order valence-electron chi connectivity index (χ1n) is 4.46. The summed E-state index contributed by atoms with van der Waals surface area (Å²) in [7, 11) is 0. The van der Waals surface area contributed by atoms with Crippen molar-refractivity contribution in [3.05, 3.63) is 22.2 Å². The third-order valence-electron chi connectivity index (χ3n) is 2.08. The molecule has 0 fully saturated rings. The molecular weight excluding hydrogens is 205 g/mol. The Labute approximate surface area is 90.0 Å². The molecule has 0 radical (unpaired) electrons. The molecule has 1 nitrogen and oxygen atoms in total. The van der Waals surface area contributed by atoms with Gasteiger partial charge in [-0.05, 0) is 12.8 Å². The number of halogens is 2. The second kappa shape index (κ2) is 5.04. The summed E-state index contributed by atoms with van der Waals surface area (Å²) in [5.41, 5.74) is 2.86. The SMILES string of the molecule is CC1=CC(C)CN(C/C(Cl)=C/Cl)C1. The van der Waals surface area contributed by atoms with Crippen molar-refractivity contribution in [3.8, 4) is 0 Å². The van der Waals surface area contributed by atoms with Crippen LogP contribution in [0.3, 0.4) is 0 Å². The van der Waals surface area contributed by atoms with Gasteiger partial charge in [0, 0.05) is 30.2 Å². The molecule has 0 saturated heterocycles. The average Bonchev–Trinajstić information content (AvgIpc) is 2.02. The second-order valence-corrected chi connectivity index (χ2v) is 4.42. The van der Waals surface area contributed by atoms with Crippen LogP contribution in [0.1, 0.15) is 13.8 Å². The van der Waals surface area contributed by atoms with Gasteiger partial charge in [0.25, 0.3) is 0 Å². The lowest BCUT2D eigenvalue weighted by Crippen LogP contribution is -2.34. The monoisotopic (exact) mass is 219 g/mol. The maximum absolute atomic E-state index is 5.86. The number of hydrogen-bond donors (Lipinski definition) is 0. The van der Waals surface area contributed by atoms with Gasteiger partial charge in [-0.15, -0.1) is 0 Å². The lowest BCUT2D eigenvalue weighted by molar-refractivity contribution is 0.282. The van der Waals surface area contributed by atoms with Crippen LogP contribution in [-0.4, -0.2) is 24.5 Å². The Kier molecular flexibility index (Phi) is 4.30. The van der Waals surface area contributed by atoms with Crippen molar-refractivity contribution in [2.75, 3.05) is 19.6 Å². The van der Waals surface area contributed by atoms with Gasteiger partial charge in [-0.25, -0.2) is 0 Å². The first-order valence-corrected chi connectivity index (χ1v) is 5.27. The maximum atomic E-state index is 5.86. The van der Waals surface area contributed by atoms with Crippen LogP contribution >= 0.6 is 23.2 Å². The van der Waals surface area contributed by atoms with Crippen molar-refractivity contribution in [2.24, 2.45) is 5.92 Å². The van der Waals surface area contributed by atoms with Gasteiger partial charge in [-0.2, -0.15) is 0 Å². The van der Waals surface area contributed by atoms with E-state index in [2.05, 4.69) is 24.8 Å². The van der Waals surface area contributed by atoms with E-state index >= 15 is 0 Å². The van der Waals surface area contributed by atoms with Crippen molar-refractivity contribution in [2.45, 2.75) is 13.8 Å². The van der Waals surface area contributed by atoms with Gasteiger partial charge in [0.05, 0.1) is 0 Å². The Balaban J connectivity index is 2.50. The van der Waals surface area contributed by atoms with Crippen LogP contribution in [0.4, 0.5) is 0 Å². The molecule has 1 heterocycles. The largest absolute Gasteiger partial charge is 0.294 e. The summed E-state index contributed by atoms with van der Waals surface area (Å²) in [5, 5.41) is 0.712. The second-order valence-electron chi connectivity index (χ2n) is 3.72. The van der Waals surface area contributed by atoms with E-state index in [-0.39, 0.29) is 0 Å². The summed E-state index contributed by atoms with van der Waals surface area (Å²) in [6.07, 6.45) is 2.31. The van der Waals surface area contributed by atoms with Gasteiger partial charge in [-0.3, -0.25) is 4.90 Å². The third-order valence-corrected chi connectivity index (χ3v) is 2.69. The van der Waals surface area contributed by atoms with E-state index in [9.17, 15) is 0 Å². The number of nitrogens with zero attached hydrogens (tertiary/aromatic N) is 1. The Morgan fingerprint density at radius 2 is 2.46 bits per heavy atom. The molecule has 0 saturated carbocycles. The molecule has 13 heavy (non-hydrogen) atoms. The molecule has 1 aliphatic heterocycles. The van der Waals surface area contributed by atoms with Crippen molar-refractivity contribution >= 4 is 23.2 Å². The molecule has 0 amide bonds. The lowest BCUT2D eigenvalue weighted by Gasteiger charge is -2.29. The highest BCUT2D eigenvalue weighted by Crippen LogP contribution is 2.16. The fourth-order valence-electron chi connectivity index (χ4n) is 1.78. The van der Waals surface area contributed by atoms with Crippen molar-refractivity contribution in [3.63, 3.8) is 0 Å².